The quantitative estimate of drug-likeness (QED) is 0.802. The number of nitrogens with one attached hydrogen (secondary N) is 1. The largest absolute Gasteiger partial charge is 0.351 e. The molecular formula is C13H20N2O. The smallest absolute Gasteiger partial charge is 0.267 e. The predicted molar refractivity (Wildman–Crippen MR) is 67.6 cm³/mol. The number of hydrogen-bond donors (Lipinski definition) is 1. The third-order valence-corrected chi connectivity index (χ3v) is 2.55. The number of nitrogens with zero attached hydrogens (tertiary/aromatic N) is 1. The molecule has 1 heterocycles. The van der Waals surface area contributed by atoms with Gasteiger partial charge in [0.15, 0.2) is 0 Å². The van der Waals surface area contributed by atoms with Gasteiger partial charge in [0.1, 0.15) is 5.69 Å². The van der Waals surface area contributed by atoms with E-state index in [-0.39, 0.29) is 5.91 Å². The van der Waals surface area contributed by atoms with Crippen LogP contribution in [-0.2, 0) is 7.05 Å². The Kier molecular flexibility index (Phi) is 3.93. The van der Waals surface area contributed by atoms with Gasteiger partial charge in [-0.2, -0.15) is 0 Å². The highest BCUT2D eigenvalue weighted by Crippen LogP contribution is 1.93. The van der Waals surface area contributed by atoms with E-state index in [9.17, 15) is 4.79 Å². The topological polar surface area (TPSA) is 34.0 Å². The second-order valence-electron chi connectivity index (χ2n) is 4.22. The van der Waals surface area contributed by atoms with Crippen molar-refractivity contribution in [2.75, 3.05) is 6.54 Å². The summed E-state index contributed by atoms with van der Waals surface area (Å²) in [5, 5.41) is 4.82. The summed E-state index contributed by atoms with van der Waals surface area (Å²) in [6.45, 7) is 10.8. The molecule has 0 aliphatic rings. The lowest BCUT2D eigenvalue weighted by Gasteiger charge is -2.05. The van der Waals surface area contributed by atoms with Crippen LogP contribution in [0.15, 0.2) is 6.07 Å². The number of hydrogen-bond acceptors (Lipinski definition) is 1. The molecule has 0 aliphatic heterocycles. The molecule has 0 aliphatic carbocycles. The SMILES string of the molecule is C=c1cc(C(=O)NCCC)n(C)c1=C(C)C. The summed E-state index contributed by atoms with van der Waals surface area (Å²) in [5.74, 6) is -0.0262. The molecule has 0 saturated heterocycles. The Labute approximate surface area is 96.5 Å². The van der Waals surface area contributed by atoms with Crippen LogP contribution < -0.4 is 15.9 Å². The number of carbonyl (C=O) groups excluding carboxylic acids is 1. The van der Waals surface area contributed by atoms with Crippen LogP contribution in [0.5, 0.6) is 0 Å². The van der Waals surface area contributed by atoms with Gasteiger partial charge in [-0.1, -0.05) is 19.1 Å². The van der Waals surface area contributed by atoms with Crippen LogP contribution in [0, 0.1) is 0 Å². The fourth-order valence-electron chi connectivity index (χ4n) is 1.87. The van der Waals surface area contributed by atoms with Gasteiger partial charge in [0.05, 0.1) is 0 Å². The Bertz CT molecular complexity index is 493. The molecule has 0 saturated carbocycles. The van der Waals surface area contributed by atoms with E-state index in [1.165, 1.54) is 5.57 Å². The molecule has 88 valence electrons. The molecule has 0 atom stereocenters. The molecule has 1 aromatic rings. The van der Waals surface area contributed by atoms with E-state index >= 15 is 0 Å². The van der Waals surface area contributed by atoms with Crippen molar-refractivity contribution in [1.82, 2.24) is 9.88 Å². The van der Waals surface area contributed by atoms with Crippen LogP contribution in [0.1, 0.15) is 37.7 Å². The zero-order chi connectivity index (χ0) is 12.3. The first kappa shape index (κ1) is 12.6. The first-order valence-electron chi connectivity index (χ1n) is 5.59. The summed E-state index contributed by atoms with van der Waals surface area (Å²) in [5.41, 5.74) is 1.84. The Balaban J connectivity index is 3.19. The monoisotopic (exact) mass is 220 g/mol. The molecule has 0 aromatic carbocycles. The van der Waals surface area contributed by atoms with Gasteiger partial charge >= 0.3 is 0 Å². The van der Waals surface area contributed by atoms with Gasteiger partial charge in [-0.3, -0.25) is 4.79 Å². The van der Waals surface area contributed by atoms with Crippen molar-refractivity contribution in [3.8, 4) is 0 Å². The van der Waals surface area contributed by atoms with Crippen LogP contribution in [0.2, 0.25) is 0 Å². The summed E-state index contributed by atoms with van der Waals surface area (Å²) in [6.07, 6.45) is 0.944. The minimum absolute atomic E-state index is 0.0262. The normalized spacial score (nSPS) is 10.2. The van der Waals surface area contributed by atoms with E-state index in [4.69, 9.17) is 0 Å². The van der Waals surface area contributed by atoms with Crippen molar-refractivity contribution in [2.45, 2.75) is 27.2 Å². The molecule has 0 spiro atoms. The van der Waals surface area contributed by atoms with Gasteiger partial charge in [0.25, 0.3) is 5.91 Å². The maximum atomic E-state index is 11.8. The molecule has 16 heavy (non-hydrogen) atoms. The van der Waals surface area contributed by atoms with Crippen LogP contribution in [-0.4, -0.2) is 17.0 Å². The lowest BCUT2D eigenvalue weighted by Crippen LogP contribution is -2.31. The molecule has 1 amide bonds. The van der Waals surface area contributed by atoms with Crippen molar-refractivity contribution in [1.29, 1.82) is 0 Å². The van der Waals surface area contributed by atoms with Gasteiger partial charge in [0, 0.05) is 18.9 Å². The minimum Gasteiger partial charge on any atom is -0.351 e. The summed E-state index contributed by atoms with van der Waals surface area (Å²) in [4.78, 5) is 11.8. The Morgan fingerprint density at radius 2 is 2.12 bits per heavy atom. The molecule has 0 fully saturated rings. The minimum atomic E-state index is -0.0262. The average Bonchev–Trinajstić information content (AvgIpc) is 2.50. The average molecular weight is 220 g/mol. The van der Waals surface area contributed by atoms with E-state index in [1.54, 1.807) is 0 Å². The van der Waals surface area contributed by atoms with Crippen molar-refractivity contribution in [3.63, 3.8) is 0 Å². The molecule has 1 rings (SSSR count). The highest BCUT2D eigenvalue weighted by molar-refractivity contribution is 5.92. The zero-order valence-corrected chi connectivity index (χ0v) is 10.6. The van der Waals surface area contributed by atoms with Crippen LogP contribution >= 0.6 is 0 Å². The van der Waals surface area contributed by atoms with Gasteiger partial charge < -0.3 is 9.88 Å². The molecule has 0 radical (unpaired) electrons. The van der Waals surface area contributed by atoms with E-state index in [0.717, 1.165) is 17.0 Å². The van der Waals surface area contributed by atoms with Crippen molar-refractivity contribution < 1.29 is 4.79 Å². The van der Waals surface area contributed by atoms with Crippen molar-refractivity contribution in [2.24, 2.45) is 7.05 Å². The fraction of sp³-hybridized carbons (Fsp3) is 0.462. The highest BCUT2D eigenvalue weighted by atomic mass is 16.1. The summed E-state index contributed by atoms with van der Waals surface area (Å²) >= 11 is 0. The van der Waals surface area contributed by atoms with E-state index in [2.05, 4.69) is 11.9 Å². The van der Waals surface area contributed by atoms with Gasteiger partial charge in [-0.05, 0) is 31.6 Å². The standard InChI is InChI=1S/C13H20N2O/c1-6-7-14-13(16)11-8-10(4)12(9(2)3)15(11)5/h8H,4,6-7H2,1-3,5H3,(H,14,16). The van der Waals surface area contributed by atoms with Crippen molar-refractivity contribution >= 4 is 18.1 Å². The lowest BCUT2D eigenvalue weighted by atomic mass is 10.3. The van der Waals surface area contributed by atoms with E-state index in [1.807, 2.05) is 38.5 Å². The molecule has 0 bridgehead atoms. The second-order valence-corrected chi connectivity index (χ2v) is 4.22. The molecule has 1 N–H and O–H groups in total. The third-order valence-electron chi connectivity index (χ3n) is 2.55. The first-order valence-corrected chi connectivity index (χ1v) is 5.59. The van der Waals surface area contributed by atoms with Gasteiger partial charge in [-0.25, -0.2) is 0 Å². The number of carbonyl (C=O) groups is 1. The highest BCUT2D eigenvalue weighted by Gasteiger charge is 2.10. The Morgan fingerprint density at radius 3 is 2.56 bits per heavy atom. The molecule has 3 nitrogen and oxygen atoms in total. The number of aromatic nitrogens is 1. The van der Waals surface area contributed by atoms with E-state index in [0.29, 0.717) is 12.2 Å². The maximum absolute atomic E-state index is 11.8. The number of rotatable bonds is 3. The Morgan fingerprint density at radius 1 is 1.50 bits per heavy atom. The lowest BCUT2D eigenvalue weighted by molar-refractivity contribution is 0.0945. The van der Waals surface area contributed by atoms with Gasteiger partial charge in [-0.15, -0.1) is 0 Å². The van der Waals surface area contributed by atoms with Crippen LogP contribution in [0.3, 0.4) is 0 Å². The first-order chi connectivity index (χ1) is 7.49. The second kappa shape index (κ2) is 5.01. The molecule has 0 unspecified atom stereocenters. The van der Waals surface area contributed by atoms with Gasteiger partial charge in [0.2, 0.25) is 0 Å². The Hall–Kier alpha value is -1.51. The molecule has 1 aromatic heterocycles. The summed E-state index contributed by atoms with van der Waals surface area (Å²) in [6, 6.07) is 1.84. The maximum Gasteiger partial charge on any atom is 0.267 e. The molecular weight excluding hydrogens is 200 g/mol. The molecule has 3 heteroatoms. The summed E-state index contributed by atoms with van der Waals surface area (Å²) < 4.78 is 1.91. The zero-order valence-electron chi connectivity index (χ0n) is 10.6. The third kappa shape index (κ3) is 2.35. The fourth-order valence-corrected chi connectivity index (χ4v) is 1.87. The number of amides is 1. The van der Waals surface area contributed by atoms with Crippen LogP contribution in [0.4, 0.5) is 0 Å². The predicted octanol–water partition coefficient (Wildman–Crippen LogP) is 0.766. The van der Waals surface area contributed by atoms with Crippen molar-refractivity contribution in [3.05, 3.63) is 22.3 Å². The summed E-state index contributed by atoms with van der Waals surface area (Å²) in [7, 11) is 1.90. The van der Waals surface area contributed by atoms with E-state index < -0.39 is 0 Å². The van der Waals surface area contributed by atoms with Crippen LogP contribution in [0.25, 0.3) is 12.2 Å².